The number of methoxy groups -OCH3 is 1. The first-order valence-corrected chi connectivity index (χ1v) is 6.71. The fraction of sp³-hybridized carbons (Fsp3) is 0.188. The molecule has 3 aromatic rings. The molecule has 4 nitrogen and oxygen atoms in total. The molecule has 0 radical (unpaired) electrons. The second-order valence-corrected chi connectivity index (χ2v) is 4.86. The minimum Gasteiger partial charge on any atom is -0.497 e. The molecule has 2 aromatic carbocycles. The van der Waals surface area contributed by atoms with Crippen LogP contribution in [-0.2, 0) is 13.0 Å². The van der Waals surface area contributed by atoms with Crippen molar-refractivity contribution in [3.8, 4) is 5.75 Å². The summed E-state index contributed by atoms with van der Waals surface area (Å²) in [6.07, 6.45) is 0.796. The Hall–Kier alpha value is -2.56. The monoisotopic (exact) mass is 285 g/mol. The van der Waals surface area contributed by atoms with Gasteiger partial charge in [0.05, 0.1) is 18.1 Å². The Balaban J connectivity index is 1.86. The summed E-state index contributed by atoms with van der Waals surface area (Å²) in [6.45, 7) is 0.682. The number of aromatic nitrogens is 2. The number of hydrogen-bond acceptors (Lipinski definition) is 3. The average molecular weight is 285 g/mol. The summed E-state index contributed by atoms with van der Waals surface area (Å²) in [6, 6.07) is 12.4. The van der Waals surface area contributed by atoms with Crippen LogP contribution >= 0.6 is 0 Å². The highest BCUT2D eigenvalue weighted by molar-refractivity contribution is 5.78. The summed E-state index contributed by atoms with van der Waals surface area (Å²) in [7, 11) is 1.65. The van der Waals surface area contributed by atoms with Crippen molar-refractivity contribution in [2.45, 2.75) is 13.0 Å². The first-order valence-electron chi connectivity index (χ1n) is 6.71. The Bertz CT molecular complexity index is 782. The molecule has 3 rings (SSSR count). The van der Waals surface area contributed by atoms with Crippen LogP contribution in [0.2, 0.25) is 0 Å². The number of nitrogen functional groups attached to an aromatic ring is 1. The van der Waals surface area contributed by atoms with Gasteiger partial charge in [-0.15, -0.1) is 0 Å². The zero-order valence-corrected chi connectivity index (χ0v) is 11.7. The van der Waals surface area contributed by atoms with Crippen LogP contribution in [0, 0.1) is 5.82 Å². The molecule has 0 bridgehead atoms. The van der Waals surface area contributed by atoms with Gasteiger partial charge in [-0.2, -0.15) is 0 Å². The Morgan fingerprint density at radius 1 is 1.24 bits per heavy atom. The van der Waals surface area contributed by atoms with Gasteiger partial charge in [0.2, 0.25) is 5.95 Å². The van der Waals surface area contributed by atoms with Crippen LogP contribution in [0.25, 0.3) is 11.0 Å². The minimum absolute atomic E-state index is 0.306. The van der Waals surface area contributed by atoms with Gasteiger partial charge in [-0.25, -0.2) is 9.37 Å². The van der Waals surface area contributed by atoms with Gasteiger partial charge in [0.25, 0.3) is 0 Å². The number of anilines is 1. The first-order chi connectivity index (χ1) is 10.2. The smallest absolute Gasteiger partial charge is 0.201 e. The molecule has 0 aliphatic carbocycles. The lowest BCUT2D eigenvalue weighted by Crippen LogP contribution is -2.05. The largest absolute Gasteiger partial charge is 0.497 e. The molecule has 0 spiro atoms. The summed E-state index contributed by atoms with van der Waals surface area (Å²) in [5.74, 6) is 0.927. The van der Waals surface area contributed by atoms with E-state index in [2.05, 4.69) is 4.98 Å². The predicted molar refractivity (Wildman–Crippen MR) is 80.8 cm³/mol. The maximum atomic E-state index is 13.2. The average Bonchev–Trinajstić information content (AvgIpc) is 2.80. The topological polar surface area (TPSA) is 53.1 Å². The Morgan fingerprint density at radius 2 is 2.10 bits per heavy atom. The van der Waals surface area contributed by atoms with Crippen molar-refractivity contribution in [3.63, 3.8) is 0 Å². The van der Waals surface area contributed by atoms with Crippen molar-refractivity contribution in [2.75, 3.05) is 12.8 Å². The first kappa shape index (κ1) is 13.4. The fourth-order valence-corrected chi connectivity index (χ4v) is 2.43. The van der Waals surface area contributed by atoms with Crippen LogP contribution in [0.15, 0.2) is 42.5 Å². The standard InChI is InChI=1S/C16H16FN3O/c1-21-13-4-2-3-11(9-13)7-8-20-15-6-5-12(17)10-14(15)19-16(20)18/h2-6,9-10H,7-8H2,1H3,(H2,18,19). The van der Waals surface area contributed by atoms with Gasteiger partial charge in [0.15, 0.2) is 0 Å². The van der Waals surface area contributed by atoms with Crippen molar-refractivity contribution < 1.29 is 9.13 Å². The van der Waals surface area contributed by atoms with Crippen LogP contribution in [0.4, 0.5) is 10.3 Å². The van der Waals surface area contributed by atoms with Crippen LogP contribution in [0.5, 0.6) is 5.75 Å². The molecule has 0 fully saturated rings. The molecule has 0 aliphatic heterocycles. The molecule has 0 amide bonds. The number of ether oxygens (including phenoxy) is 1. The van der Waals surface area contributed by atoms with Crippen molar-refractivity contribution in [1.82, 2.24) is 9.55 Å². The number of nitrogens with zero attached hydrogens (tertiary/aromatic N) is 2. The van der Waals surface area contributed by atoms with E-state index in [4.69, 9.17) is 10.5 Å². The summed E-state index contributed by atoms with van der Waals surface area (Å²) >= 11 is 0. The van der Waals surface area contributed by atoms with Crippen molar-refractivity contribution in [3.05, 3.63) is 53.8 Å². The maximum Gasteiger partial charge on any atom is 0.201 e. The summed E-state index contributed by atoms with van der Waals surface area (Å²) in [4.78, 5) is 4.20. The number of hydrogen-bond donors (Lipinski definition) is 1. The predicted octanol–water partition coefficient (Wildman–Crippen LogP) is 3.01. The highest BCUT2D eigenvalue weighted by Crippen LogP contribution is 2.20. The highest BCUT2D eigenvalue weighted by atomic mass is 19.1. The number of nitrogens with two attached hydrogens (primary N) is 1. The molecular formula is C16H16FN3O. The van der Waals surface area contributed by atoms with Crippen LogP contribution in [0.1, 0.15) is 5.56 Å². The summed E-state index contributed by atoms with van der Waals surface area (Å²) < 4.78 is 20.3. The van der Waals surface area contributed by atoms with E-state index in [9.17, 15) is 4.39 Å². The van der Waals surface area contributed by atoms with Gasteiger partial charge in [-0.3, -0.25) is 0 Å². The quantitative estimate of drug-likeness (QED) is 0.801. The van der Waals surface area contributed by atoms with Gasteiger partial charge in [0, 0.05) is 12.6 Å². The molecule has 0 aliphatic rings. The normalized spacial score (nSPS) is 11.0. The third kappa shape index (κ3) is 2.67. The minimum atomic E-state index is -0.306. The highest BCUT2D eigenvalue weighted by Gasteiger charge is 2.09. The van der Waals surface area contributed by atoms with E-state index in [1.165, 1.54) is 12.1 Å². The molecule has 0 saturated carbocycles. The van der Waals surface area contributed by atoms with E-state index in [1.54, 1.807) is 13.2 Å². The van der Waals surface area contributed by atoms with Crippen molar-refractivity contribution in [2.24, 2.45) is 0 Å². The van der Waals surface area contributed by atoms with E-state index in [-0.39, 0.29) is 5.82 Å². The molecule has 0 unspecified atom stereocenters. The third-order valence-electron chi connectivity index (χ3n) is 3.50. The zero-order chi connectivity index (χ0) is 14.8. The van der Waals surface area contributed by atoms with Crippen molar-refractivity contribution >= 4 is 17.0 Å². The number of benzene rings is 2. The maximum absolute atomic E-state index is 13.2. The van der Waals surface area contributed by atoms with Gasteiger partial charge in [-0.05, 0) is 36.2 Å². The second kappa shape index (κ2) is 5.44. The van der Waals surface area contributed by atoms with E-state index in [0.29, 0.717) is 18.0 Å². The molecular weight excluding hydrogens is 269 g/mol. The molecule has 108 valence electrons. The van der Waals surface area contributed by atoms with Gasteiger partial charge < -0.3 is 15.0 Å². The van der Waals surface area contributed by atoms with Gasteiger partial charge >= 0.3 is 0 Å². The lowest BCUT2D eigenvalue weighted by molar-refractivity contribution is 0.414. The number of imidazole rings is 1. The number of halogens is 1. The lowest BCUT2D eigenvalue weighted by atomic mass is 10.1. The van der Waals surface area contributed by atoms with E-state index in [0.717, 1.165) is 23.3 Å². The summed E-state index contributed by atoms with van der Waals surface area (Å²) in [5, 5.41) is 0. The third-order valence-corrected chi connectivity index (χ3v) is 3.50. The van der Waals surface area contributed by atoms with E-state index < -0.39 is 0 Å². The Morgan fingerprint density at radius 3 is 2.90 bits per heavy atom. The Labute approximate surface area is 122 Å². The number of fused-ring (bicyclic) bond motifs is 1. The van der Waals surface area contributed by atoms with Gasteiger partial charge in [0.1, 0.15) is 11.6 Å². The lowest BCUT2D eigenvalue weighted by Gasteiger charge is -2.08. The fourth-order valence-electron chi connectivity index (χ4n) is 2.43. The van der Waals surface area contributed by atoms with Crippen LogP contribution in [0.3, 0.4) is 0 Å². The van der Waals surface area contributed by atoms with Crippen LogP contribution < -0.4 is 10.5 Å². The van der Waals surface area contributed by atoms with Crippen molar-refractivity contribution in [1.29, 1.82) is 0 Å². The molecule has 1 heterocycles. The SMILES string of the molecule is COc1cccc(CCn2c(N)nc3cc(F)ccc32)c1. The molecule has 21 heavy (non-hydrogen) atoms. The summed E-state index contributed by atoms with van der Waals surface area (Å²) in [5.41, 5.74) is 8.50. The van der Waals surface area contributed by atoms with Crippen LogP contribution in [-0.4, -0.2) is 16.7 Å². The Kier molecular flexibility index (Phi) is 3.48. The van der Waals surface area contributed by atoms with Gasteiger partial charge in [-0.1, -0.05) is 12.1 Å². The molecule has 2 N–H and O–H groups in total. The molecule has 5 heteroatoms. The zero-order valence-electron chi connectivity index (χ0n) is 11.7. The molecule has 0 saturated heterocycles. The number of aryl methyl sites for hydroxylation is 2. The second-order valence-electron chi connectivity index (χ2n) is 4.86. The number of rotatable bonds is 4. The molecule has 0 atom stereocenters. The van der Waals surface area contributed by atoms with E-state index >= 15 is 0 Å². The molecule has 1 aromatic heterocycles. The van der Waals surface area contributed by atoms with E-state index in [1.807, 2.05) is 28.8 Å².